The lowest BCUT2D eigenvalue weighted by Gasteiger charge is -2.04. The summed E-state index contributed by atoms with van der Waals surface area (Å²) < 4.78 is 3.89. The van der Waals surface area contributed by atoms with E-state index in [9.17, 15) is 0 Å². The zero-order valence-corrected chi connectivity index (χ0v) is 9.77. The Hall–Kier alpha value is -2.44. The van der Waals surface area contributed by atoms with Crippen LogP contribution in [-0.2, 0) is 13.1 Å². The molecule has 0 bridgehead atoms. The van der Waals surface area contributed by atoms with Crippen molar-refractivity contribution in [2.24, 2.45) is 0 Å². The molecule has 0 atom stereocenters. The third kappa shape index (κ3) is 1.90. The second-order valence-electron chi connectivity index (χ2n) is 3.99. The van der Waals surface area contributed by atoms with Crippen LogP contribution in [0.15, 0.2) is 31.1 Å². The maximum atomic E-state index is 5.73. The molecule has 18 heavy (non-hydrogen) atoms. The lowest BCUT2D eigenvalue weighted by atomic mass is 10.4. The summed E-state index contributed by atoms with van der Waals surface area (Å²) in [4.78, 5) is 12.3. The maximum absolute atomic E-state index is 5.73. The Kier molecular flexibility index (Phi) is 2.64. The highest BCUT2D eigenvalue weighted by Crippen LogP contribution is 2.14. The van der Waals surface area contributed by atoms with E-state index < -0.39 is 0 Å². The number of nitrogen functional groups attached to an aromatic ring is 1. The van der Waals surface area contributed by atoms with E-state index in [1.54, 1.807) is 12.5 Å². The average Bonchev–Trinajstić information content (AvgIpc) is 3.00. The maximum Gasteiger partial charge on any atom is 0.165 e. The SMILES string of the molecule is Nc1ncnc2c1ncn2CCCn1cccn1. The van der Waals surface area contributed by atoms with Gasteiger partial charge in [-0.25, -0.2) is 15.0 Å². The molecular formula is C11H13N7. The quantitative estimate of drug-likeness (QED) is 0.728. The zero-order chi connectivity index (χ0) is 12.4. The van der Waals surface area contributed by atoms with Crippen LogP contribution in [0.2, 0.25) is 0 Å². The molecular weight excluding hydrogens is 230 g/mol. The van der Waals surface area contributed by atoms with Crippen molar-refractivity contribution in [3.63, 3.8) is 0 Å². The number of imidazole rings is 1. The molecule has 7 heteroatoms. The highest BCUT2D eigenvalue weighted by molar-refractivity contribution is 5.80. The van der Waals surface area contributed by atoms with E-state index >= 15 is 0 Å². The van der Waals surface area contributed by atoms with Gasteiger partial charge in [0.15, 0.2) is 11.5 Å². The minimum atomic E-state index is 0.422. The highest BCUT2D eigenvalue weighted by Gasteiger charge is 2.06. The minimum Gasteiger partial charge on any atom is -0.382 e. The number of rotatable bonds is 4. The lowest BCUT2D eigenvalue weighted by molar-refractivity contribution is 0.531. The van der Waals surface area contributed by atoms with Crippen molar-refractivity contribution >= 4 is 17.0 Å². The van der Waals surface area contributed by atoms with E-state index in [0.29, 0.717) is 11.3 Å². The lowest BCUT2D eigenvalue weighted by Crippen LogP contribution is -2.04. The predicted octanol–water partition coefficient (Wildman–Crippen LogP) is 0.695. The number of hydrogen-bond acceptors (Lipinski definition) is 5. The zero-order valence-electron chi connectivity index (χ0n) is 9.77. The number of aryl methyl sites for hydroxylation is 2. The summed E-state index contributed by atoms with van der Waals surface area (Å²) in [5.41, 5.74) is 7.18. The second kappa shape index (κ2) is 4.44. The smallest absolute Gasteiger partial charge is 0.165 e. The molecule has 0 amide bonds. The molecule has 2 N–H and O–H groups in total. The standard InChI is InChI=1S/C11H13N7/c12-10-9-11(14-7-13-10)17(8-15-9)4-2-6-18-5-1-3-16-18/h1,3,5,7-8H,2,4,6H2,(H2,12,13,14). The Bertz CT molecular complexity index is 641. The summed E-state index contributed by atoms with van der Waals surface area (Å²) in [6.45, 7) is 1.69. The van der Waals surface area contributed by atoms with Crippen LogP contribution in [0.5, 0.6) is 0 Å². The molecule has 92 valence electrons. The molecule has 0 fully saturated rings. The first-order valence-corrected chi connectivity index (χ1v) is 5.73. The van der Waals surface area contributed by atoms with Gasteiger partial charge < -0.3 is 10.3 Å². The van der Waals surface area contributed by atoms with Crippen molar-refractivity contribution in [3.8, 4) is 0 Å². The van der Waals surface area contributed by atoms with E-state index in [2.05, 4.69) is 20.1 Å². The van der Waals surface area contributed by atoms with E-state index in [0.717, 1.165) is 25.2 Å². The molecule has 0 saturated heterocycles. The summed E-state index contributed by atoms with van der Waals surface area (Å²) in [6.07, 6.45) is 7.89. The van der Waals surface area contributed by atoms with Gasteiger partial charge in [0, 0.05) is 25.5 Å². The normalized spacial score (nSPS) is 11.1. The molecule has 0 aliphatic heterocycles. The monoisotopic (exact) mass is 243 g/mol. The summed E-state index contributed by atoms with van der Waals surface area (Å²) in [7, 11) is 0. The Morgan fingerprint density at radius 2 is 2.11 bits per heavy atom. The molecule has 0 unspecified atom stereocenters. The van der Waals surface area contributed by atoms with Crippen LogP contribution in [0.25, 0.3) is 11.2 Å². The second-order valence-corrected chi connectivity index (χ2v) is 3.99. The molecule has 3 aromatic rings. The van der Waals surface area contributed by atoms with Gasteiger partial charge in [0.25, 0.3) is 0 Å². The number of nitrogens with zero attached hydrogens (tertiary/aromatic N) is 6. The highest BCUT2D eigenvalue weighted by atomic mass is 15.3. The van der Waals surface area contributed by atoms with Crippen LogP contribution in [0.4, 0.5) is 5.82 Å². The number of hydrogen-bond donors (Lipinski definition) is 1. The number of nitrogens with two attached hydrogens (primary N) is 1. The van der Waals surface area contributed by atoms with Gasteiger partial charge in [-0.05, 0) is 12.5 Å². The van der Waals surface area contributed by atoms with Crippen LogP contribution >= 0.6 is 0 Å². The average molecular weight is 243 g/mol. The first-order chi connectivity index (χ1) is 8.84. The Labute approximate surface area is 103 Å². The molecule has 0 radical (unpaired) electrons. The minimum absolute atomic E-state index is 0.422. The van der Waals surface area contributed by atoms with Crippen molar-refractivity contribution in [2.75, 3.05) is 5.73 Å². The molecule has 0 aliphatic carbocycles. The van der Waals surface area contributed by atoms with Crippen molar-refractivity contribution in [1.82, 2.24) is 29.3 Å². The molecule has 0 aliphatic rings. The van der Waals surface area contributed by atoms with Gasteiger partial charge in [0.2, 0.25) is 0 Å². The molecule has 0 saturated carbocycles. The topological polar surface area (TPSA) is 87.4 Å². The number of anilines is 1. The van der Waals surface area contributed by atoms with Crippen LogP contribution in [0.3, 0.4) is 0 Å². The van der Waals surface area contributed by atoms with Crippen LogP contribution in [0, 0.1) is 0 Å². The third-order valence-electron chi connectivity index (χ3n) is 2.77. The van der Waals surface area contributed by atoms with Gasteiger partial charge in [-0.3, -0.25) is 4.68 Å². The summed E-state index contributed by atoms with van der Waals surface area (Å²) in [6, 6.07) is 1.92. The molecule has 0 aromatic carbocycles. The van der Waals surface area contributed by atoms with E-state index in [-0.39, 0.29) is 0 Å². The third-order valence-corrected chi connectivity index (χ3v) is 2.77. The summed E-state index contributed by atoms with van der Waals surface area (Å²) >= 11 is 0. The van der Waals surface area contributed by atoms with Gasteiger partial charge in [-0.15, -0.1) is 0 Å². The largest absolute Gasteiger partial charge is 0.382 e. The molecule has 3 aromatic heterocycles. The predicted molar refractivity (Wildman–Crippen MR) is 66.6 cm³/mol. The summed E-state index contributed by atoms with van der Waals surface area (Å²) in [5, 5.41) is 4.16. The number of aromatic nitrogens is 6. The fourth-order valence-electron chi connectivity index (χ4n) is 1.90. The fraction of sp³-hybridized carbons (Fsp3) is 0.273. The van der Waals surface area contributed by atoms with Gasteiger partial charge in [0.1, 0.15) is 11.8 Å². The molecule has 7 nitrogen and oxygen atoms in total. The van der Waals surface area contributed by atoms with Gasteiger partial charge in [-0.1, -0.05) is 0 Å². The van der Waals surface area contributed by atoms with Crippen molar-refractivity contribution in [2.45, 2.75) is 19.5 Å². The van der Waals surface area contributed by atoms with E-state index in [4.69, 9.17) is 5.73 Å². The molecule has 3 heterocycles. The Morgan fingerprint density at radius 3 is 2.94 bits per heavy atom. The van der Waals surface area contributed by atoms with Crippen molar-refractivity contribution in [1.29, 1.82) is 0 Å². The Balaban J connectivity index is 1.73. The van der Waals surface area contributed by atoms with E-state index in [1.807, 2.05) is 21.5 Å². The first kappa shape index (κ1) is 10.7. The van der Waals surface area contributed by atoms with E-state index in [1.165, 1.54) is 6.33 Å². The van der Waals surface area contributed by atoms with Gasteiger partial charge in [-0.2, -0.15) is 5.10 Å². The summed E-state index contributed by atoms with van der Waals surface area (Å²) in [5.74, 6) is 0.422. The first-order valence-electron chi connectivity index (χ1n) is 5.73. The van der Waals surface area contributed by atoms with Crippen LogP contribution < -0.4 is 5.73 Å². The van der Waals surface area contributed by atoms with Crippen molar-refractivity contribution < 1.29 is 0 Å². The molecule has 3 rings (SSSR count). The molecule has 0 spiro atoms. The van der Waals surface area contributed by atoms with Gasteiger partial charge in [0.05, 0.1) is 6.33 Å². The fourth-order valence-corrected chi connectivity index (χ4v) is 1.90. The van der Waals surface area contributed by atoms with Crippen molar-refractivity contribution in [3.05, 3.63) is 31.1 Å². The van der Waals surface area contributed by atoms with Crippen LogP contribution in [-0.4, -0.2) is 29.3 Å². The van der Waals surface area contributed by atoms with Crippen LogP contribution in [0.1, 0.15) is 6.42 Å². The Morgan fingerprint density at radius 1 is 1.17 bits per heavy atom. The van der Waals surface area contributed by atoms with Gasteiger partial charge >= 0.3 is 0 Å². The number of fused-ring (bicyclic) bond motifs is 1.